The number of benzene rings is 1. The standard InChI is InChI=1S/C15H18N2O5/c1-8(18)16-5-4-13(19)14(20)9-2-3-11-10(6-9)7-12(17-11)15(21)22/h2-3,6-7,13-14,17,19-20H,4-5H2,1H3,(H,16,18)(H,21,22). The van der Waals surface area contributed by atoms with Crippen LogP contribution in [0, 0.1) is 0 Å². The number of nitrogens with one attached hydrogen (secondary N) is 2. The lowest BCUT2D eigenvalue weighted by molar-refractivity contribution is -0.119. The number of H-pyrrole nitrogens is 1. The van der Waals surface area contributed by atoms with Gasteiger partial charge in [-0.3, -0.25) is 4.79 Å². The Hall–Kier alpha value is -2.38. The maximum Gasteiger partial charge on any atom is 0.352 e. The molecule has 0 aliphatic heterocycles. The monoisotopic (exact) mass is 306 g/mol. The number of amides is 1. The number of aromatic carboxylic acids is 1. The van der Waals surface area contributed by atoms with Crippen LogP contribution in [0.25, 0.3) is 10.9 Å². The van der Waals surface area contributed by atoms with Crippen molar-refractivity contribution in [3.63, 3.8) is 0 Å². The van der Waals surface area contributed by atoms with Gasteiger partial charge in [0.2, 0.25) is 5.91 Å². The quantitative estimate of drug-likeness (QED) is 0.540. The number of hydrogen-bond acceptors (Lipinski definition) is 4. The predicted molar refractivity (Wildman–Crippen MR) is 79.5 cm³/mol. The minimum Gasteiger partial charge on any atom is -0.477 e. The van der Waals surface area contributed by atoms with Crippen LogP contribution in [0.15, 0.2) is 24.3 Å². The minimum atomic E-state index is -1.11. The molecule has 0 fully saturated rings. The second kappa shape index (κ2) is 6.59. The molecular weight excluding hydrogens is 288 g/mol. The van der Waals surface area contributed by atoms with Crippen molar-refractivity contribution >= 4 is 22.8 Å². The fourth-order valence-corrected chi connectivity index (χ4v) is 2.23. The first-order chi connectivity index (χ1) is 10.4. The van der Waals surface area contributed by atoms with Gasteiger partial charge in [0.05, 0.1) is 6.10 Å². The van der Waals surface area contributed by atoms with Crippen molar-refractivity contribution in [3.8, 4) is 0 Å². The molecule has 0 bridgehead atoms. The van der Waals surface area contributed by atoms with Crippen molar-refractivity contribution in [2.24, 2.45) is 0 Å². The maximum absolute atomic E-state index is 10.9. The second-order valence-electron chi connectivity index (χ2n) is 5.12. The fraction of sp³-hybridized carbons (Fsp3) is 0.333. The molecule has 0 spiro atoms. The Bertz CT molecular complexity index is 694. The number of carbonyl (C=O) groups is 2. The molecule has 7 nitrogen and oxygen atoms in total. The zero-order valence-electron chi connectivity index (χ0n) is 12.0. The summed E-state index contributed by atoms with van der Waals surface area (Å²) in [5, 5.41) is 32.2. The Morgan fingerprint density at radius 3 is 2.64 bits per heavy atom. The maximum atomic E-state index is 10.9. The summed E-state index contributed by atoms with van der Waals surface area (Å²) in [7, 11) is 0. The van der Waals surface area contributed by atoms with E-state index < -0.39 is 18.2 Å². The summed E-state index contributed by atoms with van der Waals surface area (Å²) >= 11 is 0. The lowest BCUT2D eigenvalue weighted by Gasteiger charge is -2.18. The molecule has 22 heavy (non-hydrogen) atoms. The lowest BCUT2D eigenvalue weighted by atomic mass is 10.0. The first kappa shape index (κ1) is 16.0. The van der Waals surface area contributed by atoms with E-state index in [1.807, 2.05) is 0 Å². The molecular formula is C15H18N2O5. The Morgan fingerprint density at radius 1 is 1.27 bits per heavy atom. The van der Waals surface area contributed by atoms with E-state index in [0.29, 0.717) is 16.5 Å². The number of aromatic nitrogens is 1. The summed E-state index contributed by atoms with van der Waals surface area (Å²) in [4.78, 5) is 24.4. The molecule has 2 aromatic rings. The zero-order chi connectivity index (χ0) is 16.3. The van der Waals surface area contributed by atoms with Crippen LogP contribution in [0.5, 0.6) is 0 Å². The summed E-state index contributed by atoms with van der Waals surface area (Å²) in [5.74, 6) is -1.26. The van der Waals surface area contributed by atoms with Crippen molar-refractivity contribution in [1.82, 2.24) is 10.3 Å². The highest BCUT2D eigenvalue weighted by molar-refractivity contribution is 5.93. The highest BCUT2D eigenvalue weighted by Crippen LogP contribution is 2.24. The van der Waals surface area contributed by atoms with Gasteiger partial charge in [-0.2, -0.15) is 0 Å². The molecule has 0 aliphatic carbocycles. The van der Waals surface area contributed by atoms with Crippen LogP contribution in [0.3, 0.4) is 0 Å². The van der Waals surface area contributed by atoms with Crippen LogP contribution in [0.2, 0.25) is 0 Å². The summed E-state index contributed by atoms with van der Waals surface area (Å²) in [5.41, 5.74) is 1.19. The molecule has 0 radical (unpaired) electrons. The van der Waals surface area contributed by atoms with Gasteiger partial charge in [-0.1, -0.05) is 6.07 Å². The van der Waals surface area contributed by atoms with E-state index >= 15 is 0 Å². The average molecular weight is 306 g/mol. The molecule has 1 amide bonds. The van der Waals surface area contributed by atoms with Crippen LogP contribution in [-0.4, -0.2) is 44.8 Å². The number of aliphatic hydroxyl groups excluding tert-OH is 2. The Morgan fingerprint density at radius 2 is 2.00 bits per heavy atom. The molecule has 2 unspecified atom stereocenters. The van der Waals surface area contributed by atoms with E-state index in [-0.39, 0.29) is 24.6 Å². The molecule has 1 aromatic carbocycles. The molecule has 118 valence electrons. The van der Waals surface area contributed by atoms with Crippen molar-refractivity contribution in [1.29, 1.82) is 0 Å². The number of carboxylic acids is 1. The van der Waals surface area contributed by atoms with E-state index in [9.17, 15) is 19.8 Å². The number of rotatable bonds is 6. The van der Waals surface area contributed by atoms with Gasteiger partial charge < -0.3 is 25.6 Å². The number of hydrogen-bond donors (Lipinski definition) is 5. The third kappa shape index (κ3) is 3.63. The van der Waals surface area contributed by atoms with Crippen molar-refractivity contribution in [3.05, 3.63) is 35.5 Å². The van der Waals surface area contributed by atoms with Gasteiger partial charge in [0, 0.05) is 24.4 Å². The Labute approximate surface area is 126 Å². The van der Waals surface area contributed by atoms with Gasteiger partial charge in [0.15, 0.2) is 0 Å². The highest BCUT2D eigenvalue weighted by atomic mass is 16.4. The smallest absolute Gasteiger partial charge is 0.352 e. The molecule has 7 heteroatoms. The molecule has 2 rings (SSSR count). The molecule has 1 aromatic heterocycles. The first-order valence-corrected chi connectivity index (χ1v) is 6.85. The lowest BCUT2D eigenvalue weighted by Crippen LogP contribution is -2.27. The molecule has 0 saturated carbocycles. The van der Waals surface area contributed by atoms with Crippen LogP contribution in [0.1, 0.15) is 35.5 Å². The number of fused-ring (bicyclic) bond motifs is 1. The Balaban J connectivity index is 2.11. The summed E-state index contributed by atoms with van der Waals surface area (Å²) in [6.07, 6.45) is -1.92. The Kier molecular flexibility index (Phi) is 4.79. The van der Waals surface area contributed by atoms with Crippen molar-refractivity contribution in [2.75, 3.05) is 6.54 Å². The average Bonchev–Trinajstić information content (AvgIpc) is 2.89. The van der Waals surface area contributed by atoms with Crippen LogP contribution >= 0.6 is 0 Å². The van der Waals surface area contributed by atoms with E-state index in [1.165, 1.54) is 13.0 Å². The van der Waals surface area contributed by atoms with Crippen molar-refractivity contribution in [2.45, 2.75) is 25.6 Å². The topological polar surface area (TPSA) is 123 Å². The van der Waals surface area contributed by atoms with Gasteiger partial charge in [0.1, 0.15) is 11.8 Å². The summed E-state index contributed by atoms with van der Waals surface area (Å²) in [6.45, 7) is 1.64. The van der Waals surface area contributed by atoms with E-state index in [4.69, 9.17) is 5.11 Å². The fourth-order valence-electron chi connectivity index (χ4n) is 2.23. The third-order valence-corrected chi connectivity index (χ3v) is 3.40. The minimum absolute atomic E-state index is 0.0628. The molecule has 1 heterocycles. The zero-order valence-corrected chi connectivity index (χ0v) is 12.0. The molecule has 0 saturated heterocycles. The first-order valence-electron chi connectivity index (χ1n) is 6.85. The van der Waals surface area contributed by atoms with E-state index in [0.717, 1.165) is 0 Å². The summed E-state index contributed by atoms with van der Waals surface area (Å²) in [6, 6.07) is 6.37. The van der Waals surface area contributed by atoms with E-state index in [2.05, 4.69) is 10.3 Å². The number of aromatic amines is 1. The van der Waals surface area contributed by atoms with Crippen LogP contribution in [-0.2, 0) is 4.79 Å². The van der Waals surface area contributed by atoms with Gasteiger partial charge in [-0.05, 0) is 30.2 Å². The molecule has 0 aliphatic rings. The van der Waals surface area contributed by atoms with Gasteiger partial charge in [-0.15, -0.1) is 0 Å². The van der Waals surface area contributed by atoms with Crippen LogP contribution < -0.4 is 5.32 Å². The normalized spacial score (nSPS) is 13.8. The number of carbonyl (C=O) groups excluding carboxylic acids is 1. The van der Waals surface area contributed by atoms with Crippen LogP contribution in [0.4, 0.5) is 0 Å². The van der Waals surface area contributed by atoms with Gasteiger partial charge in [0.25, 0.3) is 0 Å². The van der Waals surface area contributed by atoms with Gasteiger partial charge in [-0.25, -0.2) is 4.79 Å². The van der Waals surface area contributed by atoms with Crippen molar-refractivity contribution < 1.29 is 24.9 Å². The third-order valence-electron chi connectivity index (χ3n) is 3.40. The number of carboxylic acid groups (broad SMARTS) is 1. The predicted octanol–water partition coefficient (Wildman–Crippen LogP) is 0.787. The summed E-state index contributed by atoms with van der Waals surface area (Å²) < 4.78 is 0. The van der Waals surface area contributed by atoms with E-state index in [1.54, 1.807) is 18.2 Å². The largest absolute Gasteiger partial charge is 0.477 e. The second-order valence-corrected chi connectivity index (χ2v) is 5.12. The van der Waals surface area contributed by atoms with Gasteiger partial charge >= 0.3 is 5.97 Å². The SMILES string of the molecule is CC(=O)NCCC(O)C(O)c1ccc2[nH]c(C(=O)O)cc2c1. The molecule has 5 N–H and O–H groups in total. The highest BCUT2D eigenvalue weighted by Gasteiger charge is 2.19. The molecule has 2 atom stereocenters. The number of aliphatic hydroxyl groups is 2.